The van der Waals surface area contributed by atoms with Crippen LogP contribution in [0.1, 0.15) is 5.76 Å². The molecule has 8 heteroatoms. The topological polar surface area (TPSA) is 62.0 Å². The number of rotatable bonds is 10. The molecule has 2 heterocycles. The summed E-state index contributed by atoms with van der Waals surface area (Å²) >= 11 is 1.85. The minimum absolute atomic E-state index is 0. The zero-order chi connectivity index (χ0) is 19.3. The number of thioether (sulfide) groups is 1. The number of morpholine rings is 1. The van der Waals surface area contributed by atoms with Crippen LogP contribution in [0, 0.1) is 0 Å². The van der Waals surface area contributed by atoms with E-state index in [1.54, 1.807) is 6.26 Å². The van der Waals surface area contributed by atoms with Crippen LogP contribution >= 0.6 is 35.7 Å². The van der Waals surface area contributed by atoms with Crippen molar-refractivity contribution in [3.8, 4) is 0 Å². The number of nitrogens with one attached hydrogen (secondary N) is 2. The third-order valence-electron chi connectivity index (χ3n) is 4.44. The molecule has 0 radical (unpaired) electrons. The van der Waals surface area contributed by atoms with E-state index < -0.39 is 0 Å². The predicted octanol–water partition coefficient (Wildman–Crippen LogP) is 3.10. The van der Waals surface area contributed by atoms with Crippen LogP contribution in [-0.4, -0.2) is 69.1 Å². The first kappa shape index (κ1) is 24.0. The van der Waals surface area contributed by atoms with Gasteiger partial charge in [-0.1, -0.05) is 18.2 Å². The van der Waals surface area contributed by atoms with Gasteiger partial charge in [0.1, 0.15) is 5.76 Å². The normalized spacial score (nSPS) is 15.0. The van der Waals surface area contributed by atoms with Crippen molar-refractivity contribution in [2.75, 3.05) is 58.2 Å². The molecular formula is C21H31IN4O2S. The van der Waals surface area contributed by atoms with Gasteiger partial charge in [0.2, 0.25) is 0 Å². The Labute approximate surface area is 194 Å². The first-order chi connectivity index (χ1) is 13.9. The minimum Gasteiger partial charge on any atom is -0.469 e. The van der Waals surface area contributed by atoms with Gasteiger partial charge < -0.3 is 19.8 Å². The van der Waals surface area contributed by atoms with Gasteiger partial charge in [0.05, 0.1) is 26.0 Å². The second-order valence-electron chi connectivity index (χ2n) is 6.53. The van der Waals surface area contributed by atoms with Gasteiger partial charge in [-0.15, -0.1) is 35.7 Å². The van der Waals surface area contributed by atoms with E-state index in [1.165, 1.54) is 4.90 Å². The summed E-state index contributed by atoms with van der Waals surface area (Å²) in [5, 5.41) is 6.87. The fourth-order valence-corrected chi connectivity index (χ4v) is 3.71. The van der Waals surface area contributed by atoms with Crippen LogP contribution in [-0.2, 0) is 11.2 Å². The smallest absolute Gasteiger partial charge is 0.191 e. The molecule has 0 bridgehead atoms. The van der Waals surface area contributed by atoms with Gasteiger partial charge >= 0.3 is 0 Å². The van der Waals surface area contributed by atoms with Crippen LogP contribution in [0.2, 0.25) is 0 Å². The van der Waals surface area contributed by atoms with Crippen LogP contribution in [0.25, 0.3) is 0 Å². The molecule has 29 heavy (non-hydrogen) atoms. The number of furan rings is 1. The van der Waals surface area contributed by atoms with Crippen molar-refractivity contribution in [3.05, 3.63) is 54.5 Å². The van der Waals surface area contributed by atoms with Crippen LogP contribution in [0.5, 0.6) is 0 Å². The number of hydrogen-bond acceptors (Lipinski definition) is 5. The number of aliphatic imine (C=N–C) groups is 1. The molecule has 1 aromatic heterocycles. The minimum atomic E-state index is 0. The molecule has 1 aliphatic rings. The van der Waals surface area contributed by atoms with Crippen LogP contribution in [0.4, 0.5) is 0 Å². The molecule has 1 saturated heterocycles. The molecule has 2 N–H and O–H groups in total. The molecular weight excluding hydrogens is 499 g/mol. The monoisotopic (exact) mass is 530 g/mol. The van der Waals surface area contributed by atoms with E-state index in [4.69, 9.17) is 14.1 Å². The summed E-state index contributed by atoms with van der Waals surface area (Å²) in [6, 6.07) is 14.4. The molecule has 1 aliphatic heterocycles. The van der Waals surface area contributed by atoms with Crippen molar-refractivity contribution < 1.29 is 9.15 Å². The lowest BCUT2D eigenvalue weighted by atomic mass is 10.3. The van der Waals surface area contributed by atoms with Crippen molar-refractivity contribution in [1.82, 2.24) is 15.5 Å². The van der Waals surface area contributed by atoms with Gasteiger partial charge in [0.15, 0.2) is 5.96 Å². The molecule has 0 aliphatic carbocycles. The van der Waals surface area contributed by atoms with E-state index in [0.29, 0.717) is 0 Å². The van der Waals surface area contributed by atoms with Crippen molar-refractivity contribution in [1.29, 1.82) is 0 Å². The average Bonchev–Trinajstić information content (AvgIpc) is 3.26. The van der Waals surface area contributed by atoms with Crippen LogP contribution < -0.4 is 10.6 Å². The lowest BCUT2D eigenvalue weighted by molar-refractivity contribution is 0.0394. The third kappa shape index (κ3) is 9.88. The first-order valence-electron chi connectivity index (χ1n) is 9.93. The summed E-state index contributed by atoms with van der Waals surface area (Å²) in [5.41, 5.74) is 0. The second-order valence-corrected chi connectivity index (χ2v) is 7.70. The molecule has 0 unspecified atom stereocenters. The highest BCUT2D eigenvalue weighted by Crippen LogP contribution is 2.15. The van der Waals surface area contributed by atoms with E-state index in [0.717, 1.165) is 76.4 Å². The summed E-state index contributed by atoms with van der Waals surface area (Å²) in [5.74, 6) is 2.85. The fraction of sp³-hybridized carbons (Fsp3) is 0.476. The van der Waals surface area contributed by atoms with E-state index in [2.05, 4.69) is 39.8 Å². The quantitative estimate of drug-likeness (QED) is 0.162. The second kappa shape index (κ2) is 14.7. The molecule has 0 spiro atoms. The number of guanidine groups is 1. The number of halogens is 1. The van der Waals surface area contributed by atoms with Crippen LogP contribution in [0.3, 0.4) is 0 Å². The summed E-state index contributed by atoms with van der Waals surface area (Å²) in [6.07, 6.45) is 2.56. The maximum atomic E-state index is 5.40. The van der Waals surface area contributed by atoms with Crippen molar-refractivity contribution in [2.45, 2.75) is 11.3 Å². The SMILES string of the molecule is I.c1ccc(SCCNC(=NCCN2CCOCC2)NCCc2ccco2)cc1. The van der Waals surface area contributed by atoms with Gasteiger partial charge in [-0.2, -0.15) is 0 Å². The molecule has 0 atom stereocenters. The van der Waals surface area contributed by atoms with Crippen molar-refractivity contribution in [2.24, 2.45) is 4.99 Å². The van der Waals surface area contributed by atoms with E-state index >= 15 is 0 Å². The third-order valence-corrected chi connectivity index (χ3v) is 5.45. The predicted molar refractivity (Wildman–Crippen MR) is 131 cm³/mol. The van der Waals surface area contributed by atoms with E-state index in [9.17, 15) is 0 Å². The summed E-state index contributed by atoms with van der Waals surface area (Å²) < 4.78 is 10.8. The van der Waals surface area contributed by atoms with Gasteiger partial charge in [-0.05, 0) is 24.3 Å². The maximum absolute atomic E-state index is 5.40. The van der Waals surface area contributed by atoms with Gasteiger partial charge in [-0.25, -0.2) is 0 Å². The fourth-order valence-electron chi connectivity index (χ4n) is 2.92. The highest BCUT2D eigenvalue weighted by Gasteiger charge is 2.09. The molecule has 0 saturated carbocycles. The average molecular weight is 530 g/mol. The lowest BCUT2D eigenvalue weighted by Gasteiger charge is -2.25. The molecule has 1 fully saturated rings. The molecule has 3 rings (SSSR count). The Hall–Kier alpha value is -1.23. The summed E-state index contributed by atoms with van der Waals surface area (Å²) in [7, 11) is 0. The van der Waals surface area contributed by atoms with Gasteiger partial charge in [0, 0.05) is 49.8 Å². The molecule has 160 valence electrons. The number of nitrogens with zero attached hydrogens (tertiary/aromatic N) is 2. The van der Waals surface area contributed by atoms with Crippen molar-refractivity contribution >= 4 is 41.7 Å². The zero-order valence-corrected chi connectivity index (χ0v) is 19.9. The number of benzene rings is 1. The molecule has 6 nitrogen and oxygen atoms in total. The first-order valence-corrected chi connectivity index (χ1v) is 10.9. The Kier molecular flexibility index (Phi) is 12.2. The van der Waals surface area contributed by atoms with E-state index in [1.807, 2.05) is 30.0 Å². The highest BCUT2D eigenvalue weighted by atomic mass is 127. The Morgan fingerprint density at radius 1 is 1.03 bits per heavy atom. The van der Waals surface area contributed by atoms with Crippen molar-refractivity contribution in [3.63, 3.8) is 0 Å². The van der Waals surface area contributed by atoms with Gasteiger partial charge in [-0.3, -0.25) is 9.89 Å². The molecule has 0 amide bonds. The van der Waals surface area contributed by atoms with E-state index in [-0.39, 0.29) is 24.0 Å². The maximum Gasteiger partial charge on any atom is 0.191 e. The Balaban J connectivity index is 0.00000300. The van der Waals surface area contributed by atoms with Gasteiger partial charge in [0.25, 0.3) is 0 Å². The number of hydrogen-bond donors (Lipinski definition) is 2. The zero-order valence-electron chi connectivity index (χ0n) is 16.7. The lowest BCUT2D eigenvalue weighted by Crippen LogP contribution is -2.41. The standard InChI is InChI=1S/C21H30N4O2S.HI/c1-2-6-20(7-3-1)28-18-11-24-21(22-9-8-19-5-4-15-27-19)23-10-12-25-13-16-26-17-14-25;/h1-7,15H,8-14,16-18H2,(H2,22,23,24);1H. The van der Waals surface area contributed by atoms with Crippen LogP contribution in [0.15, 0.2) is 63.0 Å². The highest BCUT2D eigenvalue weighted by molar-refractivity contribution is 14.0. The molecule has 2 aromatic rings. The molecule has 1 aromatic carbocycles. The largest absolute Gasteiger partial charge is 0.469 e. The summed E-state index contributed by atoms with van der Waals surface area (Å²) in [6.45, 7) is 7.05. The number of ether oxygens (including phenoxy) is 1. The Bertz CT molecular complexity index is 679. The Morgan fingerprint density at radius 3 is 2.59 bits per heavy atom. The Morgan fingerprint density at radius 2 is 1.83 bits per heavy atom. The summed E-state index contributed by atoms with van der Waals surface area (Å²) in [4.78, 5) is 8.45.